The summed E-state index contributed by atoms with van der Waals surface area (Å²) in [4.78, 5) is 11.9. The Morgan fingerprint density at radius 2 is 2.23 bits per heavy atom. The summed E-state index contributed by atoms with van der Waals surface area (Å²) in [6, 6.07) is 7.25. The normalized spacial score (nSPS) is 10.7. The number of aromatic nitrogens is 2. The second kappa shape index (κ2) is 7.84. The number of carbonyl (C=O) groups excluding carboxylic acids is 1. The fourth-order valence-corrected chi connectivity index (χ4v) is 2.37. The van der Waals surface area contributed by atoms with Crippen LogP contribution in [-0.2, 0) is 4.79 Å². The van der Waals surface area contributed by atoms with Crippen LogP contribution in [0.25, 0.3) is 0 Å². The van der Waals surface area contributed by atoms with Crippen molar-refractivity contribution >= 4 is 23.4 Å². The van der Waals surface area contributed by atoms with E-state index in [1.807, 2.05) is 32.0 Å². The molecule has 1 heterocycles. The van der Waals surface area contributed by atoms with Gasteiger partial charge < -0.3 is 14.5 Å². The Hall–Kier alpha value is -2.02. The zero-order valence-electron chi connectivity index (χ0n) is 12.8. The van der Waals surface area contributed by atoms with Crippen LogP contribution in [0.15, 0.2) is 33.9 Å². The van der Waals surface area contributed by atoms with Crippen molar-refractivity contribution in [1.29, 1.82) is 0 Å². The Bertz CT molecular complexity index is 628. The summed E-state index contributed by atoms with van der Waals surface area (Å²) in [5.41, 5.74) is 0.717. The molecule has 1 aromatic heterocycles. The van der Waals surface area contributed by atoms with Gasteiger partial charge in [-0.2, -0.15) is 0 Å². The Balaban J connectivity index is 1.77. The molecule has 1 aromatic carbocycles. The lowest BCUT2D eigenvalue weighted by Crippen LogP contribution is -2.12. The van der Waals surface area contributed by atoms with Crippen LogP contribution in [0.5, 0.6) is 5.75 Å². The first-order valence-electron chi connectivity index (χ1n) is 6.98. The maximum Gasteiger partial charge on any atom is 0.276 e. The molecule has 1 amide bonds. The molecule has 0 spiro atoms. The summed E-state index contributed by atoms with van der Waals surface area (Å²) in [6.07, 6.45) is 0.362. The number of nitrogens with one attached hydrogen (secondary N) is 1. The van der Waals surface area contributed by atoms with E-state index >= 15 is 0 Å². The van der Waals surface area contributed by atoms with Crippen LogP contribution in [0, 0.1) is 0 Å². The summed E-state index contributed by atoms with van der Waals surface area (Å²) in [5, 5.41) is 11.2. The highest BCUT2D eigenvalue weighted by Crippen LogP contribution is 2.21. The maximum absolute atomic E-state index is 11.9. The number of thioether (sulfide) groups is 1. The number of benzene rings is 1. The molecular formula is C15H19N3O3S. The molecule has 0 aliphatic carbocycles. The summed E-state index contributed by atoms with van der Waals surface area (Å²) in [6.45, 7) is 3.98. The number of ether oxygens (including phenoxy) is 1. The van der Waals surface area contributed by atoms with Crippen LogP contribution in [0.1, 0.15) is 32.1 Å². The van der Waals surface area contributed by atoms with Gasteiger partial charge in [-0.3, -0.25) is 4.79 Å². The molecule has 0 saturated carbocycles. The van der Waals surface area contributed by atoms with Crippen LogP contribution < -0.4 is 10.1 Å². The van der Waals surface area contributed by atoms with E-state index in [1.54, 1.807) is 13.2 Å². The highest BCUT2D eigenvalue weighted by molar-refractivity contribution is 7.99. The third kappa shape index (κ3) is 4.77. The lowest BCUT2D eigenvalue weighted by atomic mass is 10.2. The number of amides is 1. The average Bonchev–Trinajstić information content (AvgIpc) is 2.96. The van der Waals surface area contributed by atoms with Crippen molar-refractivity contribution in [2.24, 2.45) is 0 Å². The first kappa shape index (κ1) is 16.4. The molecule has 1 N–H and O–H groups in total. The van der Waals surface area contributed by atoms with Gasteiger partial charge in [0.15, 0.2) is 0 Å². The molecule has 0 aliphatic rings. The molecule has 7 heteroatoms. The minimum Gasteiger partial charge on any atom is -0.497 e. The summed E-state index contributed by atoms with van der Waals surface area (Å²) < 4.78 is 10.6. The topological polar surface area (TPSA) is 77.2 Å². The highest BCUT2D eigenvalue weighted by atomic mass is 32.2. The largest absolute Gasteiger partial charge is 0.497 e. The van der Waals surface area contributed by atoms with E-state index in [4.69, 9.17) is 9.15 Å². The molecule has 0 saturated heterocycles. The fraction of sp³-hybridized carbons (Fsp3) is 0.400. The van der Waals surface area contributed by atoms with Gasteiger partial charge in [-0.25, -0.2) is 0 Å². The minimum absolute atomic E-state index is 0.0654. The number of rotatable bonds is 7. The van der Waals surface area contributed by atoms with Gasteiger partial charge in [0, 0.05) is 29.8 Å². The Kier molecular flexibility index (Phi) is 5.83. The summed E-state index contributed by atoms with van der Waals surface area (Å²) in [5.74, 6) is 2.04. The number of nitrogens with zero attached hydrogens (tertiary/aromatic N) is 2. The van der Waals surface area contributed by atoms with Crippen molar-refractivity contribution in [1.82, 2.24) is 10.2 Å². The molecule has 0 bridgehead atoms. The molecule has 0 unspecified atom stereocenters. The standard InChI is InChI=1S/C15H19N3O3S/c1-10(2)14-17-18-15(21-14)22-8-7-13(19)16-11-5-4-6-12(9-11)20-3/h4-6,9-10H,7-8H2,1-3H3,(H,16,19). The van der Waals surface area contributed by atoms with E-state index < -0.39 is 0 Å². The second-order valence-corrected chi connectivity index (χ2v) is 5.99. The molecule has 2 rings (SSSR count). The van der Waals surface area contributed by atoms with Crippen LogP contribution in [0.2, 0.25) is 0 Å². The van der Waals surface area contributed by atoms with Gasteiger partial charge >= 0.3 is 0 Å². The molecule has 0 atom stereocenters. The second-order valence-electron chi connectivity index (χ2n) is 4.94. The molecular weight excluding hydrogens is 302 g/mol. The molecule has 22 heavy (non-hydrogen) atoms. The van der Waals surface area contributed by atoms with Gasteiger partial charge in [0.05, 0.1) is 7.11 Å². The number of carbonyl (C=O) groups is 1. The number of methoxy groups -OCH3 is 1. The van der Waals surface area contributed by atoms with Crippen LogP contribution in [-0.4, -0.2) is 29.0 Å². The first-order valence-corrected chi connectivity index (χ1v) is 7.97. The first-order chi connectivity index (χ1) is 10.6. The highest BCUT2D eigenvalue weighted by Gasteiger charge is 2.11. The predicted molar refractivity (Wildman–Crippen MR) is 85.4 cm³/mol. The molecule has 0 aliphatic heterocycles. The lowest BCUT2D eigenvalue weighted by molar-refractivity contribution is -0.115. The van der Waals surface area contributed by atoms with Gasteiger partial charge in [0.2, 0.25) is 11.8 Å². The van der Waals surface area contributed by atoms with Crippen LogP contribution in [0.4, 0.5) is 5.69 Å². The minimum atomic E-state index is -0.0654. The molecule has 6 nitrogen and oxygen atoms in total. The van der Waals surface area contributed by atoms with E-state index in [1.165, 1.54) is 11.8 Å². The van der Waals surface area contributed by atoms with E-state index in [0.29, 0.717) is 34.7 Å². The van der Waals surface area contributed by atoms with Crippen molar-refractivity contribution in [2.45, 2.75) is 31.4 Å². The average molecular weight is 321 g/mol. The SMILES string of the molecule is COc1cccc(NC(=O)CCSc2nnc(C(C)C)o2)c1. The van der Waals surface area contributed by atoms with Crippen molar-refractivity contribution < 1.29 is 13.9 Å². The quantitative estimate of drug-likeness (QED) is 0.788. The van der Waals surface area contributed by atoms with Gasteiger partial charge in [-0.05, 0) is 12.1 Å². The van der Waals surface area contributed by atoms with Crippen LogP contribution >= 0.6 is 11.8 Å². The molecule has 118 valence electrons. The number of hydrogen-bond acceptors (Lipinski definition) is 6. The van der Waals surface area contributed by atoms with Crippen molar-refractivity contribution in [3.05, 3.63) is 30.2 Å². The van der Waals surface area contributed by atoms with E-state index in [0.717, 1.165) is 0 Å². The van der Waals surface area contributed by atoms with Gasteiger partial charge in [0.1, 0.15) is 5.75 Å². The predicted octanol–water partition coefficient (Wildman–Crippen LogP) is 3.32. The molecule has 2 aromatic rings. The van der Waals surface area contributed by atoms with Gasteiger partial charge in [-0.1, -0.05) is 31.7 Å². The Morgan fingerprint density at radius 1 is 1.41 bits per heavy atom. The third-order valence-corrected chi connectivity index (χ3v) is 3.64. The summed E-state index contributed by atoms with van der Waals surface area (Å²) >= 11 is 1.38. The zero-order chi connectivity index (χ0) is 15.9. The third-order valence-electron chi connectivity index (χ3n) is 2.82. The monoisotopic (exact) mass is 321 g/mol. The lowest BCUT2D eigenvalue weighted by Gasteiger charge is -2.06. The van der Waals surface area contributed by atoms with Crippen molar-refractivity contribution in [3.8, 4) is 5.75 Å². The van der Waals surface area contributed by atoms with Crippen molar-refractivity contribution in [2.75, 3.05) is 18.2 Å². The van der Waals surface area contributed by atoms with E-state index in [9.17, 15) is 4.79 Å². The zero-order valence-corrected chi connectivity index (χ0v) is 13.6. The maximum atomic E-state index is 11.9. The summed E-state index contributed by atoms with van der Waals surface area (Å²) in [7, 11) is 1.59. The Labute approximate surface area is 133 Å². The molecule has 0 radical (unpaired) electrons. The van der Waals surface area contributed by atoms with Crippen molar-refractivity contribution in [3.63, 3.8) is 0 Å². The van der Waals surface area contributed by atoms with Gasteiger partial charge in [-0.15, -0.1) is 10.2 Å². The van der Waals surface area contributed by atoms with E-state index in [2.05, 4.69) is 15.5 Å². The fourth-order valence-electron chi connectivity index (χ4n) is 1.67. The van der Waals surface area contributed by atoms with Crippen LogP contribution in [0.3, 0.4) is 0 Å². The number of hydrogen-bond donors (Lipinski definition) is 1. The number of anilines is 1. The van der Waals surface area contributed by atoms with E-state index in [-0.39, 0.29) is 11.8 Å². The smallest absolute Gasteiger partial charge is 0.276 e. The molecule has 0 fully saturated rings. The van der Waals surface area contributed by atoms with Gasteiger partial charge in [0.25, 0.3) is 5.22 Å². The Morgan fingerprint density at radius 3 is 2.91 bits per heavy atom.